The molecule has 0 unspecified atom stereocenters. The van der Waals surface area contributed by atoms with Crippen LogP contribution < -0.4 is 24.4 Å². The van der Waals surface area contributed by atoms with E-state index >= 15 is 0 Å². The molecule has 1 amide bonds. The second kappa shape index (κ2) is 7.55. The molecule has 7 nitrogen and oxygen atoms in total. The lowest BCUT2D eigenvalue weighted by molar-refractivity contribution is -0.120. The van der Waals surface area contributed by atoms with Gasteiger partial charge < -0.3 is 24.4 Å². The molecule has 2 aromatic carbocycles. The molecule has 1 aliphatic rings. The van der Waals surface area contributed by atoms with Crippen molar-refractivity contribution in [3.63, 3.8) is 0 Å². The molecular weight excluding hydrogens is 378 g/mol. The van der Waals surface area contributed by atoms with Crippen molar-refractivity contribution in [3.8, 4) is 17.2 Å². The fourth-order valence-corrected chi connectivity index (χ4v) is 4.07. The summed E-state index contributed by atoms with van der Waals surface area (Å²) in [7, 11) is 4.81. The largest absolute Gasteiger partial charge is 0.497 e. The highest BCUT2D eigenvalue weighted by atomic mass is 32.1. The maximum Gasteiger partial charge on any atom is 0.231 e. The molecule has 0 bridgehead atoms. The second-order valence-corrected chi connectivity index (χ2v) is 7.50. The molecule has 1 N–H and O–H groups in total. The highest BCUT2D eigenvalue weighted by molar-refractivity contribution is 7.22. The Bertz CT molecular complexity index is 1010. The third-order valence-electron chi connectivity index (χ3n) is 4.77. The molecular formula is C20H21N3O4S. The maximum atomic E-state index is 12.6. The Morgan fingerprint density at radius 2 is 1.79 bits per heavy atom. The number of fused-ring (bicyclic) bond motifs is 1. The van der Waals surface area contributed by atoms with E-state index in [-0.39, 0.29) is 11.8 Å². The molecule has 1 fully saturated rings. The SMILES string of the molecule is COc1ccc(OC)c(NC(=O)C2CN(c3nc4cc(OC)ccc4s3)C2)c1. The van der Waals surface area contributed by atoms with E-state index in [0.717, 1.165) is 21.1 Å². The molecule has 1 aromatic heterocycles. The Morgan fingerprint density at radius 3 is 2.50 bits per heavy atom. The van der Waals surface area contributed by atoms with Crippen LogP contribution in [-0.4, -0.2) is 45.3 Å². The number of hydrogen-bond donors (Lipinski definition) is 1. The lowest BCUT2D eigenvalue weighted by atomic mass is 10.00. The van der Waals surface area contributed by atoms with Gasteiger partial charge >= 0.3 is 0 Å². The van der Waals surface area contributed by atoms with Crippen molar-refractivity contribution in [2.75, 3.05) is 44.6 Å². The van der Waals surface area contributed by atoms with Crippen LogP contribution in [0.15, 0.2) is 36.4 Å². The van der Waals surface area contributed by atoms with Crippen LogP contribution in [0.4, 0.5) is 10.8 Å². The molecule has 8 heteroatoms. The van der Waals surface area contributed by atoms with Crippen molar-refractivity contribution in [1.82, 2.24) is 4.98 Å². The first-order valence-electron chi connectivity index (χ1n) is 8.83. The van der Waals surface area contributed by atoms with E-state index < -0.39 is 0 Å². The predicted octanol–water partition coefficient (Wildman–Crippen LogP) is 3.40. The van der Waals surface area contributed by atoms with Crippen LogP contribution in [0.5, 0.6) is 17.2 Å². The second-order valence-electron chi connectivity index (χ2n) is 6.49. The van der Waals surface area contributed by atoms with Crippen molar-refractivity contribution < 1.29 is 19.0 Å². The van der Waals surface area contributed by atoms with Gasteiger partial charge in [-0.25, -0.2) is 4.98 Å². The van der Waals surface area contributed by atoms with Gasteiger partial charge in [-0.2, -0.15) is 0 Å². The van der Waals surface area contributed by atoms with E-state index in [0.29, 0.717) is 30.3 Å². The Kier molecular flexibility index (Phi) is 4.95. The molecule has 0 spiro atoms. The van der Waals surface area contributed by atoms with Crippen molar-refractivity contribution in [1.29, 1.82) is 0 Å². The highest BCUT2D eigenvalue weighted by Crippen LogP contribution is 2.35. The number of ether oxygens (including phenoxy) is 3. The molecule has 1 aliphatic heterocycles. The number of carbonyl (C=O) groups is 1. The van der Waals surface area contributed by atoms with Crippen LogP contribution in [0.25, 0.3) is 10.2 Å². The maximum absolute atomic E-state index is 12.6. The quantitative estimate of drug-likeness (QED) is 0.685. The van der Waals surface area contributed by atoms with Crippen LogP contribution in [0, 0.1) is 5.92 Å². The van der Waals surface area contributed by atoms with Gasteiger partial charge in [-0.3, -0.25) is 4.79 Å². The van der Waals surface area contributed by atoms with E-state index in [4.69, 9.17) is 14.2 Å². The molecule has 1 saturated heterocycles. The highest BCUT2D eigenvalue weighted by Gasteiger charge is 2.34. The zero-order valence-electron chi connectivity index (χ0n) is 15.9. The van der Waals surface area contributed by atoms with Gasteiger partial charge in [0.2, 0.25) is 5.91 Å². The monoisotopic (exact) mass is 399 g/mol. The average Bonchev–Trinajstić information content (AvgIpc) is 3.09. The summed E-state index contributed by atoms with van der Waals surface area (Å²) in [6, 6.07) is 11.2. The molecule has 3 aromatic rings. The summed E-state index contributed by atoms with van der Waals surface area (Å²) in [5.41, 5.74) is 1.52. The van der Waals surface area contributed by atoms with Crippen molar-refractivity contribution in [2.24, 2.45) is 5.92 Å². The number of carbonyl (C=O) groups excluding carboxylic acids is 1. The number of aromatic nitrogens is 1. The molecule has 0 atom stereocenters. The number of rotatable bonds is 6. The lowest BCUT2D eigenvalue weighted by Crippen LogP contribution is -2.52. The van der Waals surface area contributed by atoms with Gasteiger partial charge in [-0.05, 0) is 24.3 Å². The third-order valence-corrected chi connectivity index (χ3v) is 5.87. The Hall–Kier alpha value is -3.00. The minimum absolute atomic E-state index is 0.0365. The van der Waals surface area contributed by atoms with Crippen molar-refractivity contribution in [3.05, 3.63) is 36.4 Å². The Labute approximate surface area is 166 Å². The summed E-state index contributed by atoms with van der Waals surface area (Å²) in [5, 5.41) is 3.87. The van der Waals surface area contributed by atoms with Gasteiger partial charge in [-0.15, -0.1) is 0 Å². The number of nitrogens with one attached hydrogen (secondary N) is 1. The zero-order valence-corrected chi connectivity index (χ0v) is 16.7. The molecule has 0 aliphatic carbocycles. The fourth-order valence-electron chi connectivity index (χ4n) is 3.10. The number of methoxy groups -OCH3 is 3. The number of hydrogen-bond acceptors (Lipinski definition) is 7. The predicted molar refractivity (Wildman–Crippen MR) is 110 cm³/mol. The number of anilines is 2. The molecule has 146 valence electrons. The normalized spacial score (nSPS) is 13.9. The van der Waals surface area contributed by atoms with E-state index in [1.54, 1.807) is 50.9 Å². The summed E-state index contributed by atoms with van der Waals surface area (Å²) < 4.78 is 16.9. The van der Waals surface area contributed by atoms with Crippen molar-refractivity contribution >= 4 is 38.3 Å². The molecule has 0 saturated carbocycles. The fraction of sp³-hybridized carbons (Fsp3) is 0.300. The summed E-state index contributed by atoms with van der Waals surface area (Å²) in [5.74, 6) is 1.92. The Balaban J connectivity index is 1.42. The van der Waals surface area contributed by atoms with Gasteiger partial charge in [0.05, 0.1) is 43.2 Å². The first-order chi connectivity index (χ1) is 13.6. The molecule has 28 heavy (non-hydrogen) atoms. The van der Waals surface area contributed by atoms with Gasteiger partial charge in [-0.1, -0.05) is 11.3 Å². The third kappa shape index (κ3) is 3.43. The average molecular weight is 399 g/mol. The van der Waals surface area contributed by atoms with Crippen LogP contribution in [0.1, 0.15) is 0 Å². The zero-order chi connectivity index (χ0) is 19.7. The van der Waals surface area contributed by atoms with E-state index in [1.165, 1.54) is 0 Å². The van der Waals surface area contributed by atoms with E-state index in [2.05, 4.69) is 15.2 Å². The molecule has 2 heterocycles. The van der Waals surface area contributed by atoms with Crippen LogP contribution in [0.2, 0.25) is 0 Å². The first kappa shape index (κ1) is 18.4. The Morgan fingerprint density at radius 1 is 1.07 bits per heavy atom. The van der Waals surface area contributed by atoms with Gasteiger partial charge in [0.25, 0.3) is 0 Å². The van der Waals surface area contributed by atoms with Gasteiger partial charge in [0.1, 0.15) is 17.2 Å². The minimum Gasteiger partial charge on any atom is -0.497 e. The van der Waals surface area contributed by atoms with Crippen LogP contribution >= 0.6 is 11.3 Å². The van der Waals surface area contributed by atoms with E-state index in [9.17, 15) is 4.79 Å². The van der Waals surface area contributed by atoms with Gasteiger partial charge in [0.15, 0.2) is 5.13 Å². The van der Waals surface area contributed by atoms with E-state index in [1.807, 2.05) is 18.2 Å². The number of thiazole rings is 1. The molecule has 0 radical (unpaired) electrons. The molecule has 4 rings (SSSR count). The smallest absolute Gasteiger partial charge is 0.231 e. The number of nitrogens with zero attached hydrogens (tertiary/aromatic N) is 2. The van der Waals surface area contributed by atoms with Gasteiger partial charge in [0, 0.05) is 25.2 Å². The topological polar surface area (TPSA) is 72.9 Å². The summed E-state index contributed by atoms with van der Waals surface area (Å²) in [6.07, 6.45) is 0. The number of benzene rings is 2. The summed E-state index contributed by atoms with van der Waals surface area (Å²) in [4.78, 5) is 19.4. The van der Waals surface area contributed by atoms with Crippen LogP contribution in [-0.2, 0) is 4.79 Å². The minimum atomic E-state index is -0.0996. The lowest BCUT2D eigenvalue weighted by Gasteiger charge is -2.38. The van der Waals surface area contributed by atoms with Crippen molar-refractivity contribution in [2.45, 2.75) is 0 Å². The summed E-state index contributed by atoms with van der Waals surface area (Å²) >= 11 is 1.62. The summed E-state index contributed by atoms with van der Waals surface area (Å²) in [6.45, 7) is 1.27. The number of amides is 1. The first-order valence-corrected chi connectivity index (χ1v) is 9.65. The standard InChI is InChI=1S/C20H21N3O4S/c1-25-13-4-6-17(27-3)15(8-13)21-19(24)12-10-23(11-12)20-22-16-9-14(26-2)5-7-18(16)28-20/h4-9,12H,10-11H2,1-3H3,(H,21,24). The van der Waals surface area contributed by atoms with Crippen LogP contribution in [0.3, 0.4) is 0 Å².